The number of hydrogen-bond acceptors (Lipinski definition) is 10. The minimum atomic E-state index is -1.03. The first-order valence-electron chi connectivity index (χ1n) is 18.6. The molecule has 1 saturated carbocycles. The first kappa shape index (κ1) is 37.7. The van der Waals surface area contributed by atoms with Crippen LogP contribution in [-0.4, -0.2) is 106 Å². The molecule has 0 radical (unpaired) electrons. The number of carbonyl (C=O) groups is 4. The molecule has 1 aromatic heterocycles. The number of ether oxygens (including phenoxy) is 1. The summed E-state index contributed by atoms with van der Waals surface area (Å²) < 4.78 is 5.68. The maximum atomic E-state index is 14.8. The monoisotopic (exact) mass is 726 g/mol. The molecule has 14 heteroatoms. The van der Waals surface area contributed by atoms with Crippen molar-refractivity contribution >= 4 is 36.1 Å². The van der Waals surface area contributed by atoms with Crippen LogP contribution < -0.4 is 10.2 Å². The first-order valence-corrected chi connectivity index (χ1v) is 18.6. The van der Waals surface area contributed by atoms with E-state index in [1.807, 2.05) is 60.7 Å². The van der Waals surface area contributed by atoms with E-state index in [0.717, 1.165) is 61.5 Å². The van der Waals surface area contributed by atoms with Crippen LogP contribution in [0.15, 0.2) is 72.9 Å². The Bertz CT molecular complexity index is 1680. The van der Waals surface area contributed by atoms with Crippen molar-refractivity contribution in [3.05, 3.63) is 84.1 Å². The normalized spacial score (nSPS) is 19.9. The standard InChI is InChI=1S/C39H50N8O6/c1-29-24-43(2)21-22-45(29)38-40-19-17-35(42-38)41-36(49)34-18-20-46(39(51)52-26-31-13-5-3-6-14-31)47(34)37(50)33(23-30-11-9-10-12-30)25-44(28-48)53-27-32-15-7-4-8-16-32/h3-8,13-17,19,28-30,33-34H,9-12,18,20-27H2,1-2H3,(H,40,41,42,49)/t29-,33+,34-/m0/s1. The van der Waals surface area contributed by atoms with Gasteiger partial charge in [0.1, 0.15) is 25.1 Å². The topological polar surface area (TPSA) is 141 Å². The number of piperazine rings is 1. The predicted octanol–water partition coefficient (Wildman–Crippen LogP) is 4.50. The molecule has 3 aliphatic rings. The first-order chi connectivity index (χ1) is 25.8. The van der Waals surface area contributed by atoms with Gasteiger partial charge in [-0.1, -0.05) is 86.3 Å². The highest BCUT2D eigenvalue weighted by Crippen LogP contribution is 2.33. The quantitative estimate of drug-likeness (QED) is 0.187. The van der Waals surface area contributed by atoms with Gasteiger partial charge >= 0.3 is 6.09 Å². The summed E-state index contributed by atoms with van der Waals surface area (Å²) in [6.45, 7) is 4.76. The van der Waals surface area contributed by atoms with E-state index in [0.29, 0.717) is 24.6 Å². The summed E-state index contributed by atoms with van der Waals surface area (Å²) in [4.78, 5) is 74.3. The van der Waals surface area contributed by atoms with Gasteiger partial charge < -0.3 is 19.9 Å². The average Bonchev–Trinajstić information content (AvgIpc) is 3.87. The van der Waals surface area contributed by atoms with Crippen LogP contribution >= 0.6 is 0 Å². The van der Waals surface area contributed by atoms with Crippen molar-refractivity contribution in [3.8, 4) is 0 Å². The molecule has 14 nitrogen and oxygen atoms in total. The van der Waals surface area contributed by atoms with Crippen LogP contribution in [0.4, 0.5) is 16.6 Å². The number of hydrogen-bond donors (Lipinski definition) is 1. The fraction of sp³-hybridized carbons (Fsp3) is 0.487. The van der Waals surface area contributed by atoms with E-state index in [1.165, 1.54) is 10.0 Å². The van der Waals surface area contributed by atoms with Crippen LogP contribution in [0.5, 0.6) is 0 Å². The lowest BCUT2D eigenvalue weighted by Gasteiger charge is -2.38. The Morgan fingerprint density at radius 1 is 0.943 bits per heavy atom. The Morgan fingerprint density at radius 3 is 2.32 bits per heavy atom. The highest BCUT2D eigenvalue weighted by molar-refractivity contribution is 5.98. The molecule has 4 amide bonds. The van der Waals surface area contributed by atoms with E-state index >= 15 is 0 Å². The van der Waals surface area contributed by atoms with Crippen molar-refractivity contribution in [1.82, 2.24) is 29.9 Å². The molecule has 6 rings (SSSR count). The Balaban J connectivity index is 1.23. The van der Waals surface area contributed by atoms with E-state index in [-0.39, 0.29) is 44.7 Å². The van der Waals surface area contributed by atoms with Crippen LogP contribution in [-0.2, 0) is 37.2 Å². The number of benzene rings is 2. The zero-order valence-electron chi connectivity index (χ0n) is 30.6. The number of rotatable bonds is 14. The Hall–Kier alpha value is -5.08. The van der Waals surface area contributed by atoms with Crippen molar-refractivity contribution in [2.45, 2.75) is 70.7 Å². The SMILES string of the molecule is C[C@H]1CN(C)CCN1c1nccc(NC(=O)[C@@H]2CCN(C(=O)OCc3ccccc3)N2C(=O)[C@H](CC2CCCC2)CN(C=O)OCc2ccccc2)n1. The van der Waals surface area contributed by atoms with E-state index in [1.54, 1.807) is 12.3 Å². The molecule has 282 valence electrons. The van der Waals surface area contributed by atoms with Gasteiger partial charge in [0.2, 0.25) is 18.3 Å². The zero-order valence-corrected chi connectivity index (χ0v) is 30.6. The van der Waals surface area contributed by atoms with E-state index in [2.05, 4.69) is 39.1 Å². The number of aromatic nitrogens is 2. The number of anilines is 2. The molecule has 2 saturated heterocycles. The number of likely N-dealkylation sites (N-methyl/N-ethyl adjacent to an activating group) is 1. The molecule has 53 heavy (non-hydrogen) atoms. The van der Waals surface area contributed by atoms with Gasteiger partial charge in [-0.3, -0.25) is 19.2 Å². The lowest BCUT2D eigenvalue weighted by molar-refractivity contribution is -0.185. The molecule has 3 atom stereocenters. The summed E-state index contributed by atoms with van der Waals surface area (Å²) in [7, 11) is 2.08. The Kier molecular flexibility index (Phi) is 12.9. The second kappa shape index (κ2) is 18.1. The maximum absolute atomic E-state index is 14.8. The number of nitrogens with one attached hydrogen (secondary N) is 1. The van der Waals surface area contributed by atoms with Crippen molar-refractivity contribution in [2.75, 3.05) is 50.0 Å². The predicted molar refractivity (Wildman–Crippen MR) is 198 cm³/mol. The lowest BCUT2D eigenvalue weighted by atomic mass is 9.92. The summed E-state index contributed by atoms with van der Waals surface area (Å²) >= 11 is 0. The molecule has 1 N–H and O–H groups in total. The van der Waals surface area contributed by atoms with Gasteiger partial charge in [0.15, 0.2) is 0 Å². The smallest absolute Gasteiger partial charge is 0.429 e. The minimum absolute atomic E-state index is 0.00123. The lowest BCUT2D eigenvalue weighted by Crippen LogP contribution is -2.55. The van der Waals surface area contributed by atoms with Crippen LogP contribution in [0.25, 0.3) is 0 Å². The second-order valence-electron chi connectivity index (χ2n) is 14.2. The molecular formula is C39H50N8O6. The highest BCUT2D eigenvalue weighted by atomic mass is 16.7. The summed E-state index contributed by atoms with van der Waals surface area (Å²) in [5.41, 5.74) is 1.66. The van der Waals surface area contributed by atoms with Crippen LogP contribution in [0.1, 0.15) is 56.6 Å². The largest absolute Gasteiger partial charge is 0.443 e. The zero-order chi connectivity index (χ0) is 37.2. The fourth-order valence-electron chi connectivity index (χ4n) is 7.50. The number of nitrogens with zero attached hydrogens (tertiary/aromatic N) is 7. The van der Waals surface area contributed by atoms with Gasteiger partial charge in [-0.15, -0.1) is 0 Å². The van der Waals surface area contributed by atoms with Crippen molar-refractivity contribution < 1.29 is 28.8 Å². The number of amides is 4. The van der Waals surface area contributed by atoms with Gasteiger partial charge in [0.25, 0.3) is 5.91 Å². The number of carbonyl (C=O) groups excluding carboxylic acids is 4. The van der Waals surface area contributed by atoms with Crippen molar-refractivity contribution in [3.63, 3.8) is 0 Å². The maximum Gasteiger partial charge on any atom is 0.429 e. The molecular weight excluding hydrogens is 676 g/mol. The molecule has 3 fully saturated rings. The summed E-state index contributed by atoms with van der Waals surface area (Å²) in [5, 5.41) is 6.52. The summed E-state index contributed by atoms with van der Waals surface area (Å²) in [6.07, 6.45) is 6.16. The Labute approximate surface area is 311 Å². The molecule has 1 aliphatic carbocycles. The molecule has 2 aliphatic heterocycles. The second-order valence-corrected chi connectivity index (χ2v) is 14.2. The van der Waals surface area contributed by atoms with Crippen LogP contribution in [0, 0.1) is 11.8 Å². The van der Waals surface area contributed by atoms with Crippen molar-refractivity contribution in [2.24, 2.45) is 11.8 Å². The number of hydrazine groups is 1. The number of hydroxylamine groups is 2. The van der Waals surface area contributed by atoms with Gasteiger partial charge in [0, 0.05) is 38.4 Å². The van der Waals surface area contributed by atoms with E-state index in [9.17, 15) is 19.2 Å². The summed E-state index contributed by atoms with van der Waals surface area (Å²) in [5.74, 6) is -0.615. The summed E-state index contributed by atoms with van der Waals surface area (Å²) in [6, 6.07) is 19.5. The highest BCUT2D eigenvalue weighted by Gasteiger charge is 2.46. The third-order valence-electron chi connectivity index (χ3n) is 10.3. The third-order valence-corrected chi connectivity index (χ3v) is 10.3. The van der Waals surface area contributed by atoms with Crippen LogP contribution in [0.3, 0.4) is 0 Å². The Morgan fingerprint density at radius 2 is 1.64 bits per heavy atom. The average molecular weight is 727 g/mol. The molecule has 3 aromatic rings. The van der Waals surface area contributed by atoms with E-state index in [4.69, 9.17) is 9.57 Å². The van der Waals surface area contributed by atoms with Gasteiger partial charge in [0.05, 0.1) is 12.5 Å². The third kappa shape index (κ3) is 9.87. The van der Waals surface area contributed by atoms with E-state index < -0.39 is 29.9 Å². The van der Waals surface area contributed by atoms with Gasteiger partial charge in [-0.05, 0) is 49.9 Å². The molecule has 2 aromatic carbocycles. The fourth-order valence-corrected chi connectivity index (χ4v) is 7.50. The molecule has 0 spiro atoms. The van der Waals surface area contributed by atoms with Crippen LogP contribution in [0.2, 0.25) is 0 Å². The molecule has 3 heterocycles. The molecule has 0 unspecified atom stereocenters. The van der Waals surface area contributed by atoms with Gasteiger partial charge in [-0.2, -0.15) is 4.98 Å². The van der Waals surface area contributed by atoms with Crippen molar-refractivity contribution in [1.29, 1.82) is 0 Å². The minimum Gasteiger partial charge on any atom is -0.443 e. The molecule has 0 bridgehead atoms. The van der Waals surface area contributed by atoms with Gasteiger partial charge in [-0.25, -0.2) is 24.9 Å².